The van der Waals surface area contributed by atoms with Gasteiger partial charge in [0.25, 0.3) is 0 Å². The quantitative estimate of drug-likeness (QED) is 0.520. The van der Waals surface area contributed by atoms with Gasteiger partial charge in [-0.05, 0) is 11.0 Å². The molecule has 0 aliphatic rings. The summed E-state index contributed by atoms with van der Waals surface area (Å²) in [4.78, 5) is 11.9. The number of aliphatic hydroxyl groups is 1. The SMILES string of the molecule is Cl.O=[N+]([O-])c1[nH]ccc1CO. The summed E-state index contributed by atoms with van der Waals surface area (Å²) in [6.45, 7) is -0.306. The Kier molecular flexibility index (Phi) is 3.56. The Balaban J connectivity index is 0.000001000. The highest BCUT2D eigenvalue weighted by Gasteiger charge is 2.10. The normalized spacial score (nSPS) is 8.82. The molecule has 0 aliphatic carbocycles. The van der Waals surface area contributed by atoms with Crippen LogP contribution in [-0.4, -0.2) is 15.0 Å². The zero-order valence-corrected chi connectivity index (χ0v) is 6.30. The van der Waals surface area contributed by atoms with Gasteiger partial charge in [0.1, 0.15) is 0 Å². The van der Waals surface area contributed by atoms with Crippen molar-refractivity contribution in [1.82, 2.24) is 4.98 Å². The highest BCUT2D eigenvalue weighted by atomic mass is 35.5. The first-order valence-corrected chi connectivity index (χ1v) is 2.67. The maximum Gasteiger partial charge on any atom is 0.326 e. The van der Waals surface area contributed by atoms with Crippen molar-refractivity contribution in [3.63, 3.8) is 0 Å². The minimum absolute atomic E-state index is 0. The molecule has 0 saturated carbocycles. The Bertz CT molecular complexity index is 248. The lowest BCUT2D eigenvalue weighted by atomic mass is 10.3. The molecule has 5 nitrogen and oxygen atoms in total. The monoisotopic (exact) mass is 178 g/mol. The van der Waals surface area contributed by atoms with Crippen LogP contribution in [0.25, 0.3) is 0 Å². The number of aromatic nitrogens is 1. The molecule has 1 rings (SSSR count). The van der Waals surface area contributed by atoms with Crippen LogP contribution >= 0.6 is 12.4 Å². The molecule has 0 atom stereocenters. The Morgan fingerprint density at radius 3 is 2.73 bits per heavy atom. The number of H-pyrrole nitrogens is 1. The first kappa shape index (κ1) is 9.93. The van der Waals surface area contributed by atoms with Crippen LogP contribution in [0.1, 0.15) is 5.56 Å². The Labute approximate surface area is 68.6 Å². The number of hydrogen-bond donors (Lipinski definition) is 2. The summed E-state index contributed by atoms with van der Waals surface area (Å²) in [6.07, 6.45) is 1.42. The molecule has 1 aromatic heterocycles. The fourth-order valence-electron chi connectivity index (χ4n) is 0.690. The molecule has 62 valence electrons. The highest BCUT2D eigenvalue weighted by molar-refractivity contribution is 5.85. The van der Waals surface area contributed by atoms with Crippen molar-refractivity contribution in [2.75, 3.05) is 0 Å². The summed E-state index contributed by atoms with van der Waals surface area (Å²) >= 11 is 0. The van der Waals surface area contributed by atoms with E-state index in [1.54, 1.807) is 0 Å². The molecule has 0 amide bonds. The summed E-state index contributed by atoms with van der Waals surface area (Å²) in [7, 11) is 0. The second kappa shape index (κ2) is 3.95. The van der Waals surface area contributed by atoms with Crippen LogP contribution < -0.4 is 0 Å². The summed E-state index contributed by atoms with van der Waals surface area (Å²) < 4.78 is 0. The van der Waals surface area contributed by atoms with Crippen LogP contribution in [-0.2, 0) is 6.61 Å². The van der Waals surface area contributed by atoms with Gasteiger partial charge < -0.3 is 15.2 Å². The summed E-state index contributed by atoms with van der Waals surface area (Å²) in [6, 6.07) is 1.47. The van der Waals surface area contributed by atoms with Crippen molar-refractivity contribution < 1.29 is 10.0 Å². The van der Waals surface area contributed by atoms with Gasteiger partial charge in [-0.2, -0.15) is 0 Å². The van der Waals surface area contributed by atoms with Gasteiger partial charge in [-0.15, -0.1) is 12.4 Å². The molecule has 0 aliphatic heterocycles. The maximum atomic E-state index is 10.1. The van der Waals surface area contributed by atoms with E-state index in [1.807, 2.05) is 0 Å². The first-order chi connectivity index (χ1) is 4.75. The van der Waals surface area contributed by atoms with Crippen LogP contribution in [0.5, 0.6) is 0 Å². The fraction of sp³-hybridized carbons (Fsp3) is 0.200. The Hall–Kier alpha value is -1.07. The van der Waals surface area contributed by atoms with Gasteiger partial charge in [-0.25, -0.2) is 4.98 Å². The topological polar surface area (TPSA) is 79.2 Å². The van der Waals surface area contributed by atoms with E-state index in [0.717, 1.165) is 0 Å². The third kappa shape index (κ3) is 1.92. The third-order valence-electron chi connectivity index (χ3n) is 1.16. The number of halogens is 1. The van der Waals surface area contributed by atoms with Crippen molar-refractivity contribution in [1.29, 1.82) is 0 Å². The number of nitrogens with zero attached hydrogens (tertiary/aromatic N) is 1. The lowest BCUT2D eigenvalue weighted by Gasteiger charge is -1.91. The number of aliphatic hydroxyl groups excluding tert-OH is 1. The van der Waals surface area contributed by atoms with Crippen molar-refractivity contribution in [2.24, 2.45) is 0 Å². The predicted molar refractivity (Wildman–Crippen MR) is 40.6 cm³/mol. The van der Waals surface area contributed by atoms with Gasteiger partial charge >= 0.3 is 5.82 Å². The largest absolute Gasteiger partial charge is 0.391 e. The minimum atomic E-state index is -0.564. The predicted octanol–water partition coefficient (Wildman–Crippen LogP) is 0.837. The average Bonchev–Trinajstić information content (AvgIpc) is 2.33. The van der Waals surface area contributed by atoms with E-state index in [4.69, 9.17) is 5.11 Å². The zero-order valence-electron chi connectivity index (χ0n) is 5.48. The number of aromatic amines is 1. The molecule has 1 heterocycles. The van der Waals surface area contributed by atoms with Crippen molar-refractivity contribution >= 4 is 18.2 Å². The Morgan fingerprint density at radius 2 is 2.36 bits per heavy atom. The van der Waals surface area contributed by atoms with E-state index < -0.39 is 4.92 Å². The van der Waals surface area contributed by atoms with Crippen LogP contribution in [0.4, 0.5) is 5.82 Å². The van der Waals surface area contributed by atoms with Gasteiger partial charge in [0.05, 0.1) is 18.4 Å². The molecule has 0 bridgehead atoms. The number of nitrogens with one attached hydrogen (secondary N) is 1. The van der Waals surface area contributed by atoms with Crippen LogP contribution in [0.15, 0.2) is 12.3 Å². The summed E-state index contributed by atoms with van der Waals surface area (Å²) in [5.41, 5.74) is 0.310. The maximum absolute atomic E-state index is 10.1. The van der Waals surface area contributed by atoms with Crippen molar-refractivity contribution in [3.05, 3.63) is 27.9 Å². The number of nitro groups is 1. The van der Waals surface area contributed by atoms with E-state index in [2.05, 4.69) is 4.98 Å². The molecule has 1 aromatic rings. The first-order valence-electron chi connectivity index (χ1n) is 2.67. The smallest absolute Gasteiger partial charge is 0.326 e. The summed E-state index contributed by atoms with van der Waals surface area (Å²) in [5.74, 6) is -0.137. The molecule has 6 heteroatoms. The standard InChI is InChI=1S/C5H6N2O3.ClH/c8-3-4-1-2-6-5(4)7(9)10;/h1-2,6,8H,3H2;1H. The van der Waals surface area contributed by atoms with E-state index in [9.17, 15) is 10.1 Å². The van der Waals surface area contributed by atoms with E-state index >= 15 is 0 Å². The van der Waals surface area contributed by atoms with E-state index in [1.165, 1.54) is 12.3 Å². The number of hydrogen-bond acceptors (Lipinski definition) is 3. The second-order valence-electron chi connectivity index (χ2n) is 1.77. The average molecular weight is 179 g/mol. The van der Waals surface area contributed by atoms with E-state index in [0.29, 0.717) is 5.56 Å². The van der Waals surface area contributed by atoms with Gasteiger partial charge in [-0.1, -0.05) is 0 Å². The van der Waals surface area contributed by atoms with Gasteiger partial charge in [0.15, 0.2) is 0 Å². The molecule has 0 radical (unpaired) electrons. The Morgan fingerprint density at radius 1 is 1.73 bits per heavy atom. The lowest BCUT2D eigenvalue weighted by molar-refractivity contribution is -0.390. The van der Waals surface area contributed by atoms with Gasteiger partial charge in [-0.3, -0.25) is 0 Å². The third-order valence-corrected chi connectivity index (χ3v) is 1.16. The fourth-order valence-corrected chi connectivity index (χ4v) is 0.690. The molecular weight excluding hydrogens is 172 g/mol. The minimum Gasteiger partial charge on any atom is -0.391 e. The second-order valence-corrected chi connectivity index (χ2v) is 1.77. The molecule has 0 fully saturated rings. The molecule has 2 N–H and O–H groups in total. The molecule has 0 saturated heterocycles. The lowest BCUT2D eigenvalue weighted by Crippen LogP contribution is -1.92. The van der Waals surface area contributed by atoms with Crippen LogP contribution in [0, 0.1) is 10.1 Å². The van der Waals surface area contributed by atoms with Crippen molar-refractivity contribution in [2.45, 2.75) is 6.61 Å². The molecular formula is C5H7ClN2O3. The zero-order chi connectivity index (χ0) is 7.56. The molecule has 11 heavy (non-hydrogen) atoms. The van der Waals surface area contributed by atoms with E-state index in [-0.39, 0.29) is 24.8 Å². The number of rotatable bonds is 2. The van der Waals surface area contributed by atoms with Crippen molar-refractivity contribution in [3.8, 4) is 0 Å². The molecule has 0 aromatic carbocycles. The van der Waals surface area contributed by atoms with Gasteiger partial charge in [0, 0.05) is 0 Å². The highest BCUT2D eigenvalue weighted by Crippen LogP contribution is 2.14. The van der Waals surface area contributed by atoms with Crippen LogP contribution in [0.3, 0.4) is 0 Å². The molecule has 0 unspecified atom stereocenters. The molecule has 0 spiro atoms. The van der Waals surface area contributed by atoms with Crippen LogP contribution in [0.2, 0.25) is 0 Å². The summed E-state index contributed by atoms with van der Waals surface area (Å²) in [5, 5.41) is 18.6. The van der Waals surface area contributed by atoms with Gasteiger partial charge in [0.2, 0.25) is 0 Å².